The molecular formula is C11H14BrFN2. The van der Waals surface area contributed by atoms with Crippen LogP contribution in [0.1, 0.15) is 5.56 Å². The summed E-state index contributed by atoms with van der Waals surface area (Å²) in [5.74, 6) is -0.252. The van der Waals surface area contributed by atoms with Crippen LogP contribution in [-0.2, 0) is 0 Å². The van der Waals surface area contributed by atoms with Crippen molar-refractivity contribution in [2.45, 2.75) is 0 Å². The van der Waals surface area contributed by atoms with Crippen molar-refractivity contribution in [3.05, 3.63) is 34.1 Å². The summed E-state index contributed by atoms with van der Waals surface area (Å²) < 4.78 is 14.0. The van der Waals surface area contributed by atoms with Crippen molar-refractivity contribution in [2.24, 2.45) is 4.99 Å². The molecule has 0 aliphatic carbocycles. The fourth-order valence-corrected chi connectivity index (χ4v) is 1.49. The predicted molar refractivity (Wildman–Crippen MR) is 65.1 cm³/mol. The largest absolute Gasteiger partial charge is 0.308 e. The zero-order valence-electron chi connectivity index (χ0n) is 8.87. The quantitative estimate of drug-likeness (QED) is 0.770. The molecule has 0 spiro atoms. The monoisotopic (exact) mass is 272 g/mol. The lowest BCUT2D eigenvalue weighted by Crippen LogP contribution is -2.15. The minimum Gasteiger partial charge on any atom is -0.308 e. The first-order chi connectivity index (χ1) is 7.11. The highest BCUT2D eigenvalue weighted by Gasteiger charge is 2.02. The molecule has 0 aliphatic heterocycles. The summed E-state index contributed by atoms with van der Waals surface area (Å²) in [4.78, 5) is 6.20. The Kier molecular flexibility index (Phi) is 4.91. The van der Waals surface area contributed by atoms with Crippen LogP contribution in [0.4, 0.5) is 4.39 Å². The van der Waals surface area contributed by atoms with Gasteiger partial charge in [-0.05, 0) is 26.2 Å². The van der Waals surface area contributed by atoms with Gasteiger partial charge in [-0.2, -0.15) is 0 Å². The van der Waals surface area contributed by atoms with Gasteiger partial charge >= 0.3 is 0 Å². The fourth-order valence-electron chi connectivity index (χ4n) is 1.05. The van der Waals surface area contributed by atoms with E-state index in [9.17, 15) is 4.39 Å². The third kappa shape index (κ3) is 4.10. The van der Waals surface area contributed by atoms with E-state index in [-0.39, 0.29) is 5.82 Å². The van der Waals surface area contributed by atoms with Gasteiger partial charge in [0.05, 0.1) is 6.54 Å². The molecule has 0 unspecified atom stereocenters. The highest BCUT2D eigenvalue weighted by Crippen LogP contribution is 2.17. The third-order valence-corrected chi connectivity index (χ3v) is 2.59. The number of nitrogens with zero attached hydrogens (tertiary/aromatic N) is 2. The SMILES string of the molecule is CN(C)CCN=Cc1c(F)cccc1Br. The Bertz CT molecular complexity index is 330. The molecule has 0 saturated heterocycles. The highest BCUT2D eigenvalue weighted by molar-refractivity contribution is 9.10. The average Bonchev–Trinajstić information content (AvgIpc) is 2.15. The van der Waals surface area contributed by atoms with Crippen LogP contribution in [-0.4, -0.2) is 38.3 Å². The van der Waals surface area contributed by atoms with E-state index in [1.165, 1.54) is 6.07 Å². The lowest BCUT2D eigenvalue weighted by atomic mass is 10.2. The van der Waals surface area contributed by atoms with Gasteiger partial charge in [0.2, 0.25) is 0 Å². The summed E-state index contributed by atoms with van der Waals surface area (Å²) in [6.07, 6.45) is 1.57. The maximum atomic E-state index is 13.3. The average molecular weight is 273 g/mol. The second-order valence-electron chi connectivity index (χ2n) is 3.47. The van der Waals surface area contributed by atoms with E-state index in [0.717, 1.165) is 11.0 Å². The van der Waals surface area contributed by atoms with Crippen LogP contribution >= 0.6 is 15.9 Å². The maximum Gasteiger partial charge on any atom is 0.133 e. The zero-order valence-corrected chi connectivity index (χ0v) is 10.5. The number of aliphatic imine (C=N–C) groups is 1. The van der Waals surface area contributed by atoms with Gasteiger partial charge in [0.15, 0.2) is 0 Å². The maximum absolute atomic E-state index is 13.3. The molecule has 0 atom stereocenters. The minimum atomic E-state index is -0.252. The van der Waals surface area contributed by atoms with Crippen LogP contribution in [0.3, 0.4) is 0 Å². The molecule has 1 rings (SSSR count). The van der Waals surface area contributed by atoms with Crippen molar-refractivity contribution in [3.8, 4) is 0 Å². The van der Waals surface area contributed by atoms with Gasteiger partial charge in [0.1, 0.15) is 5.82 Å². The molecule has 1 aromatic rings. The Labute approximate surface area is 97.9 Å². The molecule has 0 fully saturated rings. The van der Waals surface area contributed by atoms with Gasteiger partial charge in [0.25, 0.3) is 0 Å². The molecule has 82 valence electrons. The van der Waals surface area contributed by atoms with Gasteiger partial charge in [-0.15, -0.1) is 0 Å². The van der Waals surface area contributed by atoms with Crippen LogP contribution in [0.25, 0.3) is 0 Å². The summed E-state index contributed by atoms with van der Waals surface area (Å²) in [7, 11) is 3.96. The molecule has 0 N–H and O–H groups in total. The molecule has 1 aromatic carbocycles. The molecule has 0 radical (unpaired) electrons. The Balaban J connectivity index is 2.64. The lowest BCUT2D eigenvalue weighted by Gasteiger charge is -2.05. The Morgan fingerprint density at radius 1 is 1.47 bits per heavy atom. The Hall–Kier alpha value is -0.740. The first-order valence-electron chi connectivity index (χ1n) is 4.70. The van der Waals surface area contributed by atoms with Crippen molar-refractivity contribution >= 4 is 22.1 Å². The summed E-state index contributed by atoms with van der Waals surface area (Å²) in [6.45, 7) is 1.54. The summed E-state index contributed by atoms with van der Waals surface area (Å²) in [5.41, 5.74) is 0.510. The lowest BCUT2D eigenvalue weighted by molar-refractivity contribution is 0.421. The number of benzene rings is 1. The van der Waals surface area contributed by atoms with E-state index in [1.54, 1.807) is 18.3 Å². The Morgan fingerprint density at radius 3 is 2.80 bits per heavy atom. The van der Waals surface area contributed by atoms with Gasteiger partial charge in [0, 0.05) is 22.8 Å². The van der Waals surface area contributed by atoms with Gasteiger partial charge < -0.3 is 4.90 Å². The topological polar surface area (TPSA) is 15.6 Å². The molecule has 0 saturated carbocycles. The summed E-state index contributed by atoms with van der Waals surface area (Å²) >= 11 is 3.29. The van der Waals surface area contributed by atoms with E-state index >= 15 is 0 Å². The third-order valence-electron chi connectivity index (χ3n) is 1.90. The van der Waals surface area contributed by atoms with Crippen molar-refractivity contribution in [2.75, 3.05) is 27.2 Å². The zero-order chi connectivity index (χ0) is 11.3. The first-order valence-corrected chi connectivity index (χ1v) is 5.49. The highest BCUT2D eigenvalue weighted by atomic mass is 79.9. The minimum absolute atomic E-state index is 0.252. The second-order valence-corrected chi connectivity index (χ2v) is 4.33. The van der Waals surface area contributed by atoms with Crippen LogP contribution in [0.15, 0.2) is 27.7 Å². The smallest absolute Gasteiger partial charge is 0.133 e. The molecule has 4 heteroatoms. The number of rotatable bonds is 4. The van der Waals surface area contributed by atoms with Gasteiger partial charge in [-0.3, -0.25) is 4.99 Å². The van der Waals surface area contributed by atoms with E-state index in [0.29, 0.717) is 12.1 Å². The summed E-state index contributed by atoms with van der Waals surface area (Å²) in [6, 6.07) is 4.89. The number of halogens is 2. The van der Waals surface area contributed by atoms with E-state index in [2.05, 4.69) is 20.9 Å². The van der Waals surface area contributed by atoms with Crippen LogP contribution in [0.2, 0.25) is 0 Å². The standard InChI is InChI=1S/C11H14BrFN2/c1-15(2)7-6-14-8-9-10(12)4-3-5-11(9)13/h3-5,8H,6-7H2,1-2H3. The molecular weight excluding hydrogens is 259 g/mol. The number of hydrogen-bond acceptors (Lipinski definition) is 2. The van der Waals surface area contributed by atoms with Crippen molar-refractivity contribution < 1.29 is 4.39 Å². The van der Waals surface area contributed by atoms with Crippen LogP contribution in [0, 0.1) is 5.82 Å². The molecule has 0 aliphatic rings. The molecule has 0 heterocycles. The van der Waals surface area contributed by atoms with E-state index < -0.39 is 0 Å². The van der Waals surface area contributed by atoms with Crippen molar-refractivity contribution in [1.82, 2.24) is 4.90 Å². The van der Waals surface area contributed by atoms with Gasteiger partial charge in [-0.25, -0.2) is 4.39 Å². The van der Waals surface area contributed by atoms with E-state index in [4.69, 9.17) is 0 Å². The van der Waals surface area contributed by atoms with Crippen LogP contribution in [0.5, 0.6) is 0 Å². The van der Waals surface area contributed by atoms with Crippen molar-refractivity contribution in [1.29, 1.82) is 0 Å². The Morgan fingerprint density at radius 2 is 2.20 bits per heavy atom. The van der Waals surface area contributed by atoms with Crippen molar-refractivity contribution in [3.63, 3.8) is 0 Å². The normalized spacial score (nSPS) is 11.5. The second kappa shape index (κ2) is 5.98. The predicted octanol–water partition coefficient (Wildman–Crippen LogP) is 2.57. The summed E-state index contributed by atoms with van der Waals surface area (Å²) in [5, 5.41) is 0. The fraction of sp³-hybridized carbons (Fsp3) is 0.364. The molecule has 0 aromatic heterocycles. The van der Waals surface area contributed by atoms with E-state index in [1.807, 2.05) is 19.0 Å². The molecule has 0 amide bonds. The molecule has 15 heavy (non-hydrogen) atoms. The van der Waals surface area contributed by atoms with Gasteiger partial charge in [-0.1, -0.05) is 22.0 Å². The first kappa shape index (κ1) is 12.3. The molecule has 2 nitrogen and oxygen atoms in total. The van der Waals surface area contributed by atoms with Crippen LogP contribution < -0.4 is 0 Å². The number of likely N-dealkylation sites (N-methyl/N-ethyl adjacent to an activating group) is 1. The molecule has 0 bridgehead atoms. The number of hydrogen-bond donors (Lipinski definition) is 0.